The first-order valence-electron chi connectivity index (χ1n) is 7.45. The Morgan fingerprint density at radius 3 is 2.19 bits per heavy atom. The van der Waals surface area contributed by atoms with Crippen molar-refractivity contribution in [1.82, 2.24) is 10.2 Å². The van der Waals surface area contributed by atoms with E-state index in [4.69, 9.17) is 0 Å². The van der Waals surface area contributed by atoms with Crippen LogP contribution in [0.2, 0.25) is 0 Å². The van der Waals surface area contributed by atoms with Gasteiger partial charge in [-0.25, -0.2) is 0 Å². The highest BCUT2D eigenvalue weighted by molar-refractivity contribution is 5.98. The first-order chi connectivity index (χ1) is 10.3. The average molecular weight is 280 g/mol. The van der Waals surface area contributed by atoms with Gasteiger partial charge in [0, 0.05) is 31.7 Å². The van der Waals surface area contributed by atoms with Crippen molar-refractivity contribution in [1.29, 1.82) is 0 Å². The highest BCUT2D eigenvalue weighted by atomic mass is 16.1. The second-order valence-corrected chi connectivity index (χ2v) is 5.39. The van der Waals surface area contributed by atoms with E-state index in [9.17, 15) is 4.79 Å². The zero-order valence-electron chi connectivity index (χ0n) is 12.1. The fourth-order valence-corrected chi connectivity index (χ4v) is 2.64. The molecule has 0 amide bonds. The van der Waals surface area contributed by atoms with Crippen LogP contribution in [-0.4, -0.2) is 43.4 Å². The summed E-state index contributed by atoms with van der Waals surface area (Å²) in [6.45, 7) is 4.37. The molecule has 108 valence electrons. The Labute approximate surface area is 125 Å². The third kappa shape index (κ3) is 3.57. The van der Waals surface area contributed by atoms with Gasteiger partial charge in [0.2, 0.25) is 0 Å². The average Bonchev–Trinajstić information content (AvgIpc) is 2.57. The van der Waals surface area contributed by atoms with Crippen LogP contribution < -0.4 is 5.32 Å². The molecule has 0 unspecified atom stereocenters. The van der Waals surface area contributed by atoms with Crippen molar-refractivity contribution in [3.05, 3.63) is 60.2 Å². The van der Waals surface area contributed by atoms with Crippen molar-refractivity contribution >= 4 is 5.78 Å². The number of carbonyl (C=O) groups excluding carboxylic acids is 1. The van der Waals surface area contributed by atoms with E-state index in [1.807, 2.05) is 42.5 Å². The largest absolute Gasteiger partial charge is 0.314 e. The summed E-state index contributed by atoms with van der Waals surface area (Å²) in [7, 11) is 0. The SMILES string of the molecule is O=C(CN1CCNCC1)c1ccc(-c2ccccc2)cc1. The van der Waals surface area contributed by atoms with E-state index in [1.165, 1.54) is 5.56 Å². The molecule has 3 nitrogen and oxygen atoms in total. The van der Waals surface area contributed by atoms with Gasteiger partial charge < -0.3 is 5.32 Å². The Kier molecular flexibility index (Phi) is 4.43. The molecule has 1 fully saturated rings. The maximum Gasteiger partial charge on any atom is 0.176 e. The molecule has 0 aromatic heterocycles. The van der Waals surface area contributed by atoms with Gasteiger partial charge in [-0.2, -0.15) is 0 Å². The molecular weight excluding hydrogens is 260 g/mol. The fraction of sp³-hybridized carbons (Fsp3) is 0.278. The summed E-state index contributed by atoms with van der Waals surface area (Å²) in [5, 5.41) is 3.30. The number of hydrogen-bond donors (Lipinski definition) is 1. The predicted molar refractivity (Wildman–Crippen MR) is 85.5 cm³/mol. The standard InChI is InChI=1S/C18H20N2O/c21-18(14-20-12-10-19-11-13-20)17-8-6-16(7-9-17)15-4-2-1-3-5-15/h1-9,19H,10-14H2. The molecule has 1 heterocycles. The molecule has 1 N–H and O–H groups in total. The highest BCUT2D eigenvalue weighted by Gasteiger charge is 2.14. The van der Waals surface area contributed by atoms with Gasteiger partial charge in [-0.15, -0.1) is 0 Å². The summed E-state index contributed by atoms with van der Waals surface area (Å²) in [5.74, 6) is 0.205. The molecule has 2 aromatic rings. The van der Waals surface area contributed by atoms with Crippen LogP contribution in [0, 0.1) is 0 Å². The maximum atomic E-state index is 12.3. The summed E-state index contributed by atoms with van der Waals surface area (Å²) in [6.07, 6.45) is 0. The van der Waals surface area contributed by atoms with Crippen LogP contribution >= 0.6 is 0 Å². The fourth-order valence-electron chi connectivity index (χ4n) is 2.64. The molecule has 0 aliphatic carbocycles. The summed E-state index contributed by atoms with van der Waals surface area (Å²) in [6, 6.07) is 18.2. The number of carbonyl (C=O) groups is 1. The molecule has 1 aliphatic rings. The molecule has 0 saturated carbocycles. The number of benzene rings is 2. The van der Waals surface area contributed by atoms with Crippen LogP contribution in [0.3, 0.4) is 0 Å². The first-order valence-corrected chi connectivity index (χ1v) is 7.45. The van der Waals surface area contributed by atoms with Crippen molar-refractivity contribution < 1.29 is 4.79 Å². The molecule has 2 aromatic carbocycles. The molecule has 1 aliphatic heterocycles. The van der Waals surface area contributed by atoms with Gasteiger partial charge in [-0.1, -0.05) is 54.6 Å². The lowest BCUT2D eigenvalue weighted by atomic mass is 10.0. The zero-order valence-corrected chi connectivity index (χ0v) is 12.1. The van der Waals surface area contributed by atoms with Crippen molar-refractivity contribution in [2.24, 2.45) is 0 Å². The van der Waals surface area contributed by atoms with Crippen LogP contribution in [0.4, 0.5) is 0 Å². The molecular formula is C18H20N2O. The Morgan fingerprint density at radius 2 is 1.52 bits per heavy atom. The predicted octanol–water partition coefficient (Wildman–Crippen LogP) is 2.44. The Hall–Kier alpha value is -1.97. The van der Waals surface area contributed by atoms with Crippen molar-refractivity contribution in [2.75, 3.05) is 32.7 Å². The second kappa shape index (κ2) is 6.66. The molecule has 21 heavy (non-hydrogen) atoms. The lowest BCUT2D eigenvalue weighted by Crippen LogP contribution is -2.45. The lowest BCUT2D eigenvalue weighted by Gasteiger charge is -2.26. The topological polar surface area (TPSA) is 32.3 Å². The van der Waals surface area contributed by atoms with Crippen molar-refractivity contribution in [3.63, 3.8) is 0 Å². The van der Waals surface area contributed by atoms with Crippen LogP contribution in [0.5, 0.6) is 0 Å². The molecule has 3 heteroatoms. The second-order valence-electron chi connectivity index (χ2n) is 5.39. The van der Waals surface area contributed by atoms with Crippen LogP contribution in [0.1, 0.15) is 10.4 Å². The van der Waals surface area contributed by atoms with Crippen LogP contribution in [-0.2, 0) is 0 Å². The number of nitrogens with zero attached hydrogens (tertiary/aromatic N) is 1. The van der Waals surface area contributed by atoms with E-state index in [0.29, 0.717) is 6.54 Å². The minimum Gasteiger partial charge on any atom is -0.314 e. The third-order valence-corrected chi connectivity index (χ3v) is 3.89. The van der Waals surface area contributed by atoms with Gasteiger partial charge in [0.25, 0.3) is 0 Å². The van der Waals surface area contributed by atoms with E-state index >= 15 is 0 Å². The van der Waals surface area contributed by atoms with Crippen LogP contribution in [0.15, 0.2) is 54.6 Å². The number of Topliss-reactive ketones (excluding diaryl/α,β-unsaturated/α-hetero) is 1. The highest BCUT2D eigenvalue weighted by Crippen LogP contribution is 2.19. The van der Waals surface area contributed by atoms with E-state index in [-0.39, 0.29) is 5.78 Å². The van der Waals surface area contributed by atoms with Gasteiger partial charge in [0.1, 0.15) is 0 Å². The van der Waals surface area contributed by atoms with Gasteiger partial charge in [0.05, 0.1) is 6.54 Å². The monoisotopic (exact) mass is 280 g/mol. The van der Waals surface area contributed by atoms with Gasteiger partial charge in [-0.3, -0.25) is 9.69 Å². The summed E-state index contributed by atoms with van der Waals surface area (Å²) in [5.41, 5.74) is 3.13. The Morgan fingerprint density at radius 1 is 0.905 bits per heavy atom. The van der Waals surface area contributed by atoms with E-state index in [1.54, 1.807) is 0 Å². The van der Waals surface area contributed by atoms with Gasteiger partial charge in [0.15, 0.2) is 5.78 Å². The van der Waals surface area contributed by atoms with Crippen molar-refractivity contribution in [3.8, 4) is 11.1 Å². The molecule has 0 bridgehead atoms. The zero-order chi connectivity index (χ0) is 14.5. The van der Waals surface area contributed by atoms with E-state index < -0.39 is 0 Å². The number of piperazine rings is 1. The van der Waals surface area contributed by atoms with E-state index in [0.717, 1.165) is 37.3 Å². The molecule has 0 atom stereocenters. The molecule has 3 rings (SSSR count). The van der Waals surface area contributed by atoms with E-state index in [2.05, 4.69) is 22.3 Å². The minimum atomic E-state index is 0.205. The molecule has 0 radical (unpaired) electrons. The van der Waals surface area contributed by atoms with Crippen molar-refractivity contribution in [2.45, 2.75) is 0 Å². The summed E-state index contributed by atoms with van der Waals surface area (Å²) < 4.78 is 0. The number of ketones is 1. The quantitative estimate of drug-likeness (QED) is 0.873. The molecule has 1 saturated heterocycles. The Balaban J connectivity index is 1.67. The van der Waals surface area contributed by atoms with Gasteiger partial charge >= 0.3 is 0 Å². The Bertz CT molecular complexity index is 586. The smallest absolute Gasteiger partial charge is 0.176 e. The van der Waals surface area contributed by atoms with Gasteiger partial charge in [-0.05, 0) is 11.1 Å². The lowest BCUT2D eigenvalue weighted by molar-refractivity contribution is 0.0921. The third-order valence-electron chi connectivity index (χ3n) is 3.89. The minimum absolute atomic E-state index is 0.205. The number of hydrogen-bond acceptors (Lipinski definition) is 3. The number of nitrogens with one attached hydrogen (secondary N) is 1. The first kappa shape index (κ1) is 14.0. The normalized spacial score (nSPS) is 15.8. The maximum absolute atomic E-state index is 12.3. The number of rotatable bonds is 4. The summed E-state index contributed by atoms with van der Waals surface area (Å²) in [4.78, 5) is 14.5. The molecule has 0 spiro atoms. The summed E-state index contributed by atoms with van der Waals surface area (Å²) >= 11 is 0. The van der Waals surface area contributed by atoms with Crippen LogP contribution in [0.25, 0.3) is 11.1 Å².